The third kappa shape index (κ3) is 4.60. The van der Waals surface area contributed by atoms with Crippen LogP contribution in [0.1, 0.15) is 37.7 Å². The van der Waals surface area contributed by atoms with Gasteiger partial charge in [0.15, 0.2) is 0 Å². The number of halogens is 1. The number of ether oxygens (including phenoxy) is 1. The maximum absolute atomic E-state index is 6.16. The van der Waals surface area contributed by atoms with Crippen LogP contribution in [-0.4, -0.2) is 44.7 Å². The van der Waals surface area contributed by atoms with Gasteiger partial charge in [0, 0.05) is 11.1 Å². The van der Waals surface area contributed by atoms with Crippen molar-refractivity contribution in [3.63, 3.8) is 0 Å². The van der Waals surface area contributed by atoms with Crippen LogP contribution < -0.4 is 10.1 Å². The van der Waals surface area contributed by atoms with Gasteiger partial charge in [0.25, 0.3) is 0 Å². The van der Waals surface area contributed by atoms with Gasteiger partial charge in [-0.05, 0) is 70.1 Å². The SMILES string of the molecule is CCC(COc1cc(Cl)ccc1C1CCNCC1)N(C)C. The predicted molar refractivity (Wildman–Crippen MR) is 89.6 cm³/mol. The molecule has 0 amide bonds. The van der Waals surface area contributed by atoms with Crippen LogP contribution >= 0.6 is 11.6 Å². The van der Waals surface area contributed by atoms with Crippen molar-refractivity contribution in [2.75, 3.05) is 33.8 Å². The van der Waals surface area contributed by atoms with E-state index in [9.17, 15) is 0 Å². The second-order valence-corrected chi connectivity index (χ2v) is 6.48. The van der Waals surface area contributed by atoms with Crippen molar-refractivity contribution < 1.29 is 4.74 Å². The molecule has 1 heterocycles. The van der Waals surface area contributed by atoms with Gasteiger partial charge in [-0.3, -0.25) is 0 Å². The molecular formula is C17H27ClN2O. The van der Waals surface area contributed by atoms with E-state index in [1.165, 1.54) is 18.4 Å². The fourth-order valence-corrected chi connectivity index (χ4v) is 3.08. The molecule has 0 radical (unpaired) electrons. The summed E-state index contributed by atoms with van der Waals surface area (Å²) in [5.74, 6) is 1.55. The summed E-state index contributed by atoms with van der Waals surface area (Å²) >= 11 is 6.16. The van der Waals surface area contributed by atoms with Gasteiger partial charge < -0.3 is 15.0 Å². The van der Waals surface area contributed by atoms with Crippen LogP contribution in [0.15, 0.2) is 18.2 Å². The van der Waals surface area contributed by atoms with E-state index in [0.717, 1.165) is 30.3 Å². The molecule has 1 aliphatic rings. The summed E-state index contributed by atoms with van der Waals surface area (Å²) in [6.07, 6.45) is 3.42. The summed E-state index contributed by atoms with van der Waals surface area (Å²) in [4.78, 5) is 2.22. The number of nitrogens with zero attached hydrogens (tertiary/aromatic N) is 1. The van der Waals surface area contributed by atoms with Crippen molar-refractivity contribution in [3.8, 4) is 5.75 Å². The van der Waals surface area contributed by atoms with Gasteiger partial charge in [-0.25, -0.2) is 0 Å². The summed E-state index contributed by atoms with van der Waals surface area (Å²) in [7, 11) is 4.20. The molecule has 0 aliphatic carbocycles. The molecule has 0 bridgehead atoms. The Kier molecular flexibility index (Phi) is 6.34. The third-order valence-corrected chi connectivity index (χ3v) is 4.62. The molecule has 1 saturated heterocycles. The molecule has 21 heavy (non-hydrogen) atoms. The Hall–Kier alpha value is -0.770. The number of hydrogen-bond acceptors (Lipinski definition) is 3. The van der Waals surface area contributed by atoms with E-state index < -0.39 is 0 Å². The minimum Gasteiger partial charge on any atom is -0.492 e. The lowest BCUT2D eigenvalue weighted by molar-refractivity contribution is 0.179. The number of piperidine rings is 1. The maximum Gasteiger partial charge on any atom is 0.124 e. The highest BCUT2D eigenvalue weighted by Crippen LogP contribution is 2.34. The van der Waals surface area contributed by atoms with Gasteiger partial charge in [0.1, 0.15) is 12.4 Å². The number of likely N-dealkylation sites (N-methyl/N-ethyl adjacent to an activating group) is 1. The average molecular weight is 311 g/mol. The maximum atomic E-state index is 6.16. The minimum atomic E-state index is 0.435. The normalized spacial score (nSPS) is 18.0. The summed E-state index contributed by atoms with van der Waals surface area (Å²) in [6.45, 7) is 5.07. The Morgan fingerprint density at radius 2 is 2.05 bits per heavy atom. The molecule has 1 aromatic rings. The van der Waals surface area contributed by atoms with Gasteiger partial charge in [-0.15, -0.1) is 0 Å². The van der Waals surface area contributed by atoms with Crippen molar-refractivity contribution in [3.05, 3.63) is 28.8 Å². The van der Waals surface area contributed by atoms with Crippen molar-refractivity contribution in [2.45, 2.75) is 38.1 Å². The van der Waals surface area contributed by atoms with Crippen LogP contribution in [0.5, 0.6) is 5.75 Å². The van der Waals surface area contributed by atoms with Crippen LogP contribution in [0.25, 0.3) is 0 Å². The number of nitrogens with one attached hydrogen (secondary N) is 1. The number of benzene rings is 1. The first kappa shape index (κ1) is 16.6. The predicted octanol–water partition coefficient (Wildman–Crippen LogP) is 3.53. The molecule has 1 aromatic carbocycles. The first-order valence-corrected chi connectivity index (χ1v) is 8.29. The Morgan fingerprint density at radius 3 is 2.67 bits per heavy atom. The molecule has 118 valence electrons. The summed E-state index contributed by atoms with van der Waals surface area (Å²) in [6, 6.07) is 6.53. The summed E-state index contributed by atoms with van der Waals surface area (Å²) in [5, 5.41) is 4.17. The molecular weight excluding hydrogens is 284 g/mol. The third-order valence-electron chi connectivity index (χ3n) is 4.39. The second-order valence-electron chi connectivity index (χ2n) is 6.04. The van der Waals surface area contributed by atoms with Gasteiger partial charge in [0.2, 0.25) is 0 Å². The van der Waals surface area contributed by atoms with E-state index in [1.807, 2.05) is 12.1 Å². The Morgan fingerprint density at radius 1 is 1.33 bits per heavy atom. The lowest BCUT2D eigenvalue weighted by Crippen LogP contribution is -2.33. The topological polar surface area (TPSA) is 24.5 Å². The standard InChI is InChI=1S/C17H27ClN2O/c1-4-15(20(2)3)12-21-17-11-14(18)5-6-16(17)13-7-9-19-10-8-13/h5-6,11,13,15,19H,4,7-10,12H2,1-3H3. The van der Waals surface area contributed by atoms with E-state index in [1.54, 1.807) is 0 Å². The fraction of sp³-hybridized carbons (Fsp3) is 0.647. The first-order valence-electron chi connectivity index (χ1n) is 7.91. The lowest BCUT2D eigenvalue weighted by atomic mass is 9.89. The molecule has 4 heteroatoms. The minimum absolute atomic E-state index is 0.435. The Bertz CT molecular complexity index is 444. The Labute approximate surface area is 133 Å². The van der Waals surface area contributed by atoms with Crippen LogP contribution in [-0.2, 0) is 0 Å². The van der Waals surface area contributed by atoms with E-state index in [2.05, 4.69) is 37.3 Å². The molecule has 0 aromatic heterocycles. The molecule has 3 nitrogen and oxygen atoms in total. The van der Waals surface area contributed by atoms with Crippen molar-refractivity contribution >= 4 is 11.6 Å². The van der Waals surface area contributed by atoms with E-state index in [0.29, 0.717) is 18.6 Å². The zero-order valence-electron chi connectivity index (χ0n) is 13.4. The van der Waals surface area contributed by atoms with Crippen LogP contribution in [0.2, 0.25) is 5.02 Å². The van der Waals surface area contributed by atoms with Crippen LogP contribution in [0.4, 0.5) is 0 Å². The van der Waals surface area contributed by atoms with Crippen molar-refractivity contribution in [1.29, 1.82) is 0 Å². The molecule has 1 atom stereocenters. The zero-order valence-corrected chi connectivity index (χ0v) is 14.1. The average Bonchev–Trinajstić information content (AvgIpc) is 2.48. The Balaban J connectivity index is 2.11. The summed E-state index contributed by atoms with van der Waals surface area (Å²) in [5.41, 5.74) is 1.31. The molecule has 0 saturated carbocycles. The highest BCUT2D eigenvalue weighted by atomic mass is 35.5. The number of rotatable bonds is 6. The zero-order chi connectivity index (χ0) is 15.2. The van der Waals surface area contributed by atoms with E-state index in [4.69, 9.17) is 16.3 Å². The van der Waals surface area contributed by atoms with Crippen LogP contribution in [0.3, 0.4) is 0 Å². The molecule has 1 aliphatic heterocycles. The van der Waals surface area contributed by atoms with Crippen molar-refractivity contribution in [2.24, 2.45) is 0 Å². The fourth-order valence-electron chi connectivity index (χ4n) is 2.92. The van der Waals surface area contributed by atoms with E-state index >= 15 is 0 Å². The highest BCUT2D eigenvalue weighted by Gasteiger charge is 2.20. The van der Waals surface area contributed by atoms with Gasteiger partial charge in [-0.2, -0.15) is 0 Å². The second kappa shape index (κ2) is 8.02. The highest BCUT2D eigenvalue weighted by molar-refractivity contribution is 6.30. The van der Waals surface area contributed by atoms with Gasteiger partial charge >= 0.3 is 0 Å². The lowest BCUT2D eigenvalue weighted by Gasteiger charge is -2.27. The molecule has 1 unspecified atom stereocenters. The quantitative estimate of drug-likeness (QED) is 0.870. The van der Waals surface area contributed by atoms with E-state index in [-0.39, 0.29) is 0 Å². The summed E-state index contributed by atoms with van der Waals surface area (Å²) < 4.78 is 6.14. The first-order chi connectivity index (χ1) is 10.1. The smallest absolute Gasteiger partial charge is 0.124 e. The van der Waals surface area contributed by atoms with Gasteiger partial charge in [-0.1, -0.05) is 24.6 Å². The molecule has 2 rings (SSSR count). The number of hydrogen-bond donors (Lipinski definition) is 1. The largest absolute Gasteiger partial charge is 0.492 e. The molecule has 0 spiro atoms. The van der Waals surface area contributed by atoms with Gasteiger partial charge in [0.05, 0.1) is 0 Å². The molecule has 1 N–H and O–H groups in total. The molecule has 1 fully saturated rings. The van der Waals surface area contributed by atoms with Crippen LogP contribution in [0, 0.1) is 0 Å². The van der Waals surface area contributed by atoms with Crippen molar-refractivity contribution in [1.82, 2.24) is 10.2 Å². The monoisotopic (exact) mass is 310 g/mol.